The van der Waals surface area contributed by atoms with Gasteiger partial charge in [-0.1, -0.05) is 11.6 Å². The van der Waals surface area contributed by atoms with Crippen molar-refractivity contribution in [1.29, 1.82) is 0 Å². The van der Waals surface area contributed by atoms with Gasteiger partial charge in [0, 0.05) is 18.3 Å². The lowest BCUT2D eigenvalue weighted by Crippen LogP contribution is -2.25. The number of nitrogens with one attached hydrogen (secondary N) is 1. The number of alkyl carbamates (subject to hydrolysis) is 1. The molecule has 8 nitrogen and oxygen atoms in total. The Bertz CT molecular complexity index is 926. The summed E-state index contributed by atoms with van der Waals surface area (Å²) in [5.41, 5.74) is 3.48. The third-order valence-corrected chi connectivity index (χ3v) is 3.90. The molecule has 0 unspecified atom stereocenters. The maximum atomic E-state index is 11.6. The molecule has 0 spiro atoms. The van der Waals surface area contributed by atoms with Crippen molar-refractivity contribution in [1.82, 2.24) is 29.9 Å². The summed E-state index contributed by atoms with van der Waals surface area (Å²) in [6.07, 6.45) is 3.89. The number of ether oxygens (including phenoxy) is 1. The number of hydrogen-bond acceptors (Lipinski definition) is 6. The van der Waals surface area contributed by atoms with Gasteiger partial charge in [0.2, 0.25) is 0 Å². The summed E-state index contributed by atoms with van der Waals surface area (Å²) in [6.45, 7) is 6.00. The molecular formula is C16H17ClN6O2. The van der Waals surface area contributed by atoms with Crippen molar-refractivity contribution in [2.24, 2.45) is 0 Å². The van der Waals surface area contributed by atoms with Gasteiger partial charge in [-0.2, -0.15) is 5.10 Å². The van der Waals surface area contributed by atoms with Gasteiger partial charge >= 0.3 is 6.09 Å². The maximum Gasteiger partial charge on any atom is 0.407 e. The van der Waals surface area contributed by atoms with E-state index >= 15 is 0 Å². The molecule has 0 fully saturated rings. The molecule has 0 aliphatic carbocycles. The molecule has 3 rings (SSSR count). The SMILES string of the molecule is CCNC(=O)O[C@H](C)c1cc(-c2cn3ncnc3c(Cl)n2)c(C)cn1. The average molecular weight is 361 g/mol. The largest absolute Gasteiger partial charge is 0.440 e. The predicted octanol–water partition coefficient (Wildman–Crippen LogP) is 2.96. The molecule has 3 heterocycles. The highest BCUT2D eigenvalue weighted by molar-refractivity contribution is 6.32. The predicted molar refractivity (Wildman–Crippen MR) is 92.3 cm³/mol. The summed E-state index contributed by atoms with van der Waals surface area (Å²) in [4.78, 5) is 24.4. The molecule has 0 saturated carbocycles. The van der Waals surface area contributed by atoms with Crippen molar-refractivity contribution < 1.29 is 9.53 Å². The molecular weight excluding hydrogens is 344 g/mol. The first kappa shape index (κ1) is 17.1. The molecule has 0 aliphatic rings. The summed E-state index contributed by atoms with van der Waals surface area (Å²) in [7, 11) is 0. The molecule has 0 radical (unpaired) electrons. The van der Waals surface area contributed by atoms with Gasteiger partial charge in [0.25, 0.3) is 0 Å². The van der Waals surface area contributed by atoms with Gasteiger partial charge in [-0.15, -0.1) is 0 Å². The number of amides is 1. The number of aryl methyl sites for hydroxylation is 1. The Morgan fingerprint density at radius 1 is 1.44 bits per heavy atom. The van der Waals surface area contributed by atoms with Crippen LogP contribution in [0.25, 0.3) is 16.9 Å². The lowest BCUT2D eigenvalue weighted by atomic mass is 10.1. The molecule has 9 heteroatoms. The molecule has 1 amide bonds. The minimum absolute atomic E-state index is 0.263. The van der Waals surface area contributed by atoms with E-state index in [4.69, 9.17) is 16.3 Å². The fourth-order valence-corrected chi connectivity index (χ4v) is 2.59. The van der Waals surface area contributed by atoms with Crippen LogP contribution in [0.15, 0.2) is 24.8 Å². The summed E-state index contributed by atoms with van der Waals surface area (Å²) >= 11 is 6.18. The average Bonchev–Trinajstić information content (AvgIpc) is 3.04. The Balaban J connectivity index is 1.97. The number of fused-ring (bicyclic) bond motifs is 1. The smallest absolute Gasteiger partial charge is 0.407 e. The van der Waals surface area contributed by atoms with Crippen LogP contribution in [0.2, 0.25) is 5.15 Å². The topological polar surface area (TPSA) is 94.3 Å². The van der Waals surface area contributed by atoms with Crippen LogP contribution in [-0.2, 0) is 4.74 Å². The van der Waals surface area contributed by atoms with E-state index in [9.17, 15) is 4.79 Å². The third-order valence-electron chi connectivity index (χ3n) is 3.64. The fourth-order valence-electron chi connectivity index (χ4n) is 2.37. The van der Waals surface area contributed by atoms with E-state index < -0.39 is 12.2 Å². The van der Waals surface area contributed by atoms with Crippen LogP contribution in [0.1, 0.15) is 31.2 Å². The number of halogens is 1. The first-order valence-electron chi connectivity index (χ1n) is 7.77. The van der Waals surface area contributed by atoms with Crippen molar-refractivity contribution >= 4 is 23.3 Å². The van der Waals surface area contributed by atoms with Gasteiger partial charge in [0.05, 0.1) is 17.6 Å². The van der Waals surface area contributed by atoms with Crippen LogP contribution in [0.3, 0.4) is 0 Å². The highest BCUT2D eigenvalue weighted by Crippen LogP contribution is 2.27. The summed E-state index contributed by atoms with van der Waals surface area (Å²) in [6, 6.07) is 1.83. The van der Waals surface area contributed by atoms with Gasteiger partial charge in [-0.25, -0.2) is 19.3 Å². The first-order chi connectivity index (χ1) is 12.0. The van der Waals surface area contributed by atoms with E-state index in [-0.39, 0.29) is 5.15 Å². The van der Waals surface area contributed by atoms with Gasteiger partial charge in [-0.3, -0.25) is 4.98 Å². The van der Waals surface area contributed by atoms with E-state index in [1.807, 2.05) is 19.9 Å². The standard InChI is InChI=1S/C16H17ClN6O2/c1-4-18-16(24)25-10(3)12-5-11(9(2)6-19-12)13-7-23-15(14(17)22-13)20-8-21-23/h5-8,10H,4H2,1-3H3,(H,18,24)/t10-/m1/s1. The number of aromatic nitrogens is 5. The lowest BCUT2D eigenvalue weighted by Gasteiger charge is -2.15. The second-order valence-electron chi connectivity index (χ2n) is 5.45. The Morgan fingerprint density at radius 3 is 3.00 bits per heavy atom. The van der Waals surface area contributed by atoms with Crippen LogP contribution >= 0.6 is 11.6 Å². The summed E-state index contributed by atoms with van der Waals surface area (Å²) in [5, 5.41) is 6.96. The first-order valence-corrected chi connectivity index (χ1v) is 8.14. The summed E-state index contributed by atoms with van der Waals surface area (Å²) < 4.78 is 6.87. The number of nitrogens with zero attached hydrogens (tertiary/aromatic N) is 5. The zero-order valence-corrected chi connectivity index (χ0v) is 14.8. The Hall–Kier alpha value is -2.74. The van der Waals surface area contributed by atoms with Crippen molar-refractivity contribution in [2.75, 3.05) is 6.54 Å². The molecule has 0 aromatic carbocycles. The molecule has 1 atom stereocenters. The van der Waals surface area contributed by atoms with Gasteiger partial charge in [-0.05, 0) is 32.4 Å². The lowest BCUT2D eigenvalue weighted by molar-refractivity contribution is 0.105. The van der Waals surface area contributed by atoms with Gasteiger partial charge < -0.3 is 10.1 Å². The summed E-state index contributed by atoms with van der Waals surface area (Å²) in [5.74, 6) is 0. The Kier molecular flexibility index (Phi) is 4.80. The van der Waals surface area contributed by atoms with Gasteiger partial charge in [0.15, 0.2) is 10.8 Å². The quantitative estimate of drug-likeness (QED) is 0.768. The zero-order valence-electron chi connectivity index (χ0n) is 14.0. The minimum atomic E-state index is -0.503. The Labute approximate surface area is 149 Å². The number of carbonyl (C=O) groups excluding carboxylic acids is 1. The van der Waals surface area contributed by atoms with Crippen molar-refractivity contribution in [3.8, 4) is 11.3 Å². The van der Waals surface area contributed by atoms with Crippen molar-refractivity contribution in [2.45, 2.75) is 26.9 Å². The zero-order chi connectivity index (χ0) is 18.0. The van der Waals surface area contributed by atoms with Crippen molar-refractivity contribution in [3.05, 3.63) is 41.2 Å². The van der Waals surface area contributed by atoms with Gasteiger partial charge in [0.1, 0.15) is 12.4 Å². The van der Waals surface area contributed by atoms with E-state index in [0.29, 0.717) is 23.6 Å². The van der Waals surface area contributed by atoms with Crippen molar-refractivity contribution in [3.63, 3.8) is 0 Å². The molecule has 130 valence electrons. The van der Waals surface area contributed by atoms with Crippen LogP contribution in [0, 0.1) is 6.92 Å². The molecule has 3 aromatic heterocycles. The van der Waals surface area contributed by atoms with E-state index in [1.54, 1.807) is 23.8 Å². The number of rotatable bonds is 4. The second-order valence-corrected chi connectivity index (χ2v) is 5.81. The number of pyridine rings is 1. The highest BCUT2D eigenvalue weighted by Gasteiger charge is 2.16. The molecule has 0 aliphatic heterocycles. The molecule has 0 bridgehead atoms. The number of hydrogen-bond donors (Lipinski definition) is 1. The number of carbonyl (C=O) groups is 1. The van der Waals surface area contributed by atoms with Crippen LogP contribution in [0.5, 0.6) is 0 Å². The van der Waals surface area contributed by atoms with E-state index in [0.717, 1.165) is 11.1 Å². The van der Waals surface area contributed by atoms with Crippen LogP contribution in [0.4, 0.5) is 4.79 Å². The van der Waals surface area contributed by atoms with Crippen LogP contribution in [-0.4, -0.2) is 37.2 Å². The van der Waals surface area contributed by atoms with Crippen LogP contribution < -0.4 is 5.32 Å². The van der Waals surface area contributed by atoms with E-state index in [1.165, 1.54) is 6.33 Å². The Morgan fingerprint density at radius 2 is 2.24 bits per heavy atom. The molecule has 1 N–H and O–H groups in total. The monoisotopic (exact) mass is 360 g/mol. The second kappa shape index (κ2) is 7.02. The normalized spacial score (nSPS) is 12.2. The maximum absolute atomic E-state index is 11.6. The third kappa shape index (κ3) is 3.53. The van der Waals surface area contributed by atoms with E-state index in [2.05, 4.69) is 25.4 Å². The molecule has 0 saturated heterocycles. The molecule has 25 heavy (non-hydrogen) atoms. The molecule has 3 aromatic rings. The minimum Gasteiger partial charge on any atom is -0.440 e. The highest BCUT2D eigenvalue weighted by atomic mass is 35.5. The fraction of sp³-hybridized carbons (Fsp3) is 0.312.